The lowest BCUT2D eigenvalue weighted by atomic mass is 10.2. The Morgan fingerprint density at radius 3 is 2.74 bits per heavy atom. The van der Waals surface area contributed by atoms with Gasteiger partial charge in [-0.15, -0.1) is 0 Å². The quantitative estimate of drug-likeness (QED) is 0.617. The van der Waals surface area contributed by atoms with Crippen LogP contribution in [0.5, 0.6) is 0 Å². The topological polar surface area (TPSA) is 20.7 Å². The van der Waals surface area contributed by atoms with Crippen LogP contribution < -0.4 is 0 Å². The minimum atomic E-state index is -0.415. The summed E-state index contributed by atoms with van der Waals surface area (Å²) in [4.78, 5) is 3.00. The summed E-state index contributed by atoms with van der Waals surface area (Å²) in [7, 11) is 0. The number of rotatable bonds is 1. The number of nitrogens with zero attached hydrogens (tertiary/aromatic N) is 1. The molecule has 1 heterocycles. The van der Waals surface area contributed by atoms with Crippen LogP contribution in [0, 0.1) is 10.6 Å². The normalized spacial score (nSPS) is 11.1. The Labute approximate surface area is 123 Å². The van der Waals surface area contributed by atoms with Gasteiger partial charge in [0.25, 0.3) is 0 Å². The minimum Gasteiger partial charge on any atom is -0.330 e. The van der Waals surface area contributed by atoms with Crippen molar-refractivity contribution in [3.8, 4) is 5.69 Å². The third kappa shape index (κ3) is 2.06. The average molecular weight is 313 g/mol. The first-order valence-corrected chi connectivity index (χ1v) is 6.59. The van der Waals surface area contributed by atoms with E-state index in [1.807, 2.05) is 6.07 Å². The van der Waals surface area contributed by atoms with Gasteiger partial charge in [0.2, 0.25) is 0 Å². The number of hydrogen-bond donors (Lipinski definition) is 1. The van der Waals surface area contributed by atoms with Crippen LogP contribution in [0.1, 0.15) is 0 Å². The number of imidazole rings is 1. The van der Waals surface area contributed by atoms with Crippen LogP contribution >= 0.6 is 35.4 Å². The van der Waals surface area contributed by atoms with Gasteiger partial charge in [-0.05, 0) is 42.5 Å². The maximum absolute atomic E-state index is 14.0. The van der Waals surface area contributed by atoms with E-state index in [0.717, 1.165) is 5.52 Å². The van der Waals surface area contributed by atoms with E-state index in [4.69, 9.17) is 35.4 Å². The molecule has 0 amide bonds. The summed E-state index contributed by atoms with van der Waals surface area (Å²) in [5, 5.41) is 0.920. The van der Waals surface area contributed by atoms with Gasteiger partial charge in [-0.25, -0.2) is 4.39 Å². The second-order valence-electron chi connectivity index (χ2n) is 4.00. The summed E-state index contributed by atoms with van der Waals surface area (Å²) in [6, 6.07) is 9.66. The first kappa shape index (κ1) is 12.7. The molecule has 1 N–H and O–H groups in total. The molecule has 2 aromatic carbocycles. The molecule has 1 aromatic heterocycles. The van der Waals surface area contributed by atoms with Gasteiger partial charge in [-0.3, -0.25) is 4.57 Å². The summed E-state index contributed by atoms with van der Waals surface area (Å²) in [5.74, 6) is -0.415. The Balaban J connectivity index is 2.46. The first-order valence-electron chi connectivity index (χ1n) is 5.42. The Morgan fingerprint density at radius 1 is 1.16 bits per heavy atom. The second kappa shape index (κ2) is 4.63. The van der Waals surface area contributed by atoms with Crippen LogP contribution in [0.3, 0.4) is 0 Å². The van der Waals surface area contributed by atoms with E-state index in [-0.39, 0.29) is 5.69 Å². The Morgan fingerprint density at radius 2 is 1.95 bits per heavy atom. The monoisotopic (exact) mass is 312 g/mol. The van der Waals surface area contributed by atoms with Crippen molar-refractivity contribution in [3.05, 3.63) is 57.0 Å². The van der Waals surface area contributed by atoms with E-state index in [1.54, 1.807) is 16.7 Å². The third-order valence-corrected chi connectivity index (χ3v) is 3.63. The lowest BCUT2D eigenvalue weighted by molar-refractivity contribution is 0.619. The molecule has 3 aromatic rings. The van der Waals surface area contributed by atoms with Crippen molar-refractivity contribution in [2.75, 3.05) is 0 Å². The molecule has 96 valence electrons. The fraction of sp³-hybridized carbons (Fsp3) is 0. The molecule has 0 aliphatic carbocycles. The molecule has 0 atom stereocenters. The van der Waals surface area contributed by atoms with Crippen molar-refractivity contribution in [1.29, 1.82) is 0 Å². The molecule has 0 radical (unpaired) electrons. The fourth-order valence-electron chi connectivity index (χ4n) is 2.00. The van der Waals surface area contributed by atoms with E-state index in [0.29, 0.717) is 20.3 Å². The smallest absolute Gasteiger partial charge is 0.182 e. The molecule has 2 nitrogen and oxygen atoms in total. The van der Waals surface area contributed by atoms with Crippen LogP contribution in [-0.2, 0) is 0 Å². The number of para-hydroxylation sites is 1. The standard InChI is InChI=1S/C13H7Cl2FN2S/c14-7-4-5-9(16)11(6-7)18-12-8(15)2-1-3-10(12)17-13(18)19/h1-6H,(H,17,19). The molecule has 19 heavy (non-hydrogen) atoms. The van der Waals surface area contributed by atoms with Crippen molar-refractivity contribution in [3.63, 3.8) is 0 Å². The van der Waals surface area contributed by atoms with Gasteiger partial charge in [0.1, 0.15) is 5.82 Å². The highest BCUT2D eigenvalue weighted by Gasteiger charge is 2.13. The van der Waals surface area contributed by atoms with Crippen LogP contribution in [0.25, 0.3) is 16.7 Å². The third-order valence-electron chi connectivity index (χ3n) is 2.80. The second-order valence-corrected chi connectivity index (χ2v) is 5.23. The van der Waals surface area contributed by atoms with Crippen molar-refractivity contribution in [2.45, 2.75) is 0 Å². The summed E-state index contributed by atoms with van der Waals surface area (Å²) in [5.41, 5.74) is 1.66. The predicted molar refractivity (Wildman–Crippen MR) is 78.4 cm³/mol. The van der Waals surface area contributed by atoms with Crippen molar-refractivity contribution in [2.24, 2.45) is 0 Å². The molecule has 3 rings (SSSR count). The van der Waals surface area contributed by atoms with Crippen molar-refractivity contribution >= 4 is 46.5 Å². The van der Waals surface area contributed by atoms with E-state index in [1.165, 1.54) is 18.2 Å². The molecular weight excluding hydrogens is 306 g/mol. The molecule has 0 aliphatic heterocycles. The van der Waals surface area contributed by atoms with E-state index in [2.05, 4.69) is 4.98 Å². The number of halogens is 3. The lowest BCUT2D eigenvalue weighted by Crippen LogP contribution is -1.98. The zero-order chi connectivity index (χ0) is 13.6. The van der Waals surface area contributed by atoms with Crippen molar-refractivity contribution < 1.29 is 4.39 Å². The van der Waals surface area contributed by atoms with Gasteiger partial charge in [0, 0.05) is 5.02 Å². The summed E-state index contributed by atoms with van der Waals surface area (Å²) in [6.07, 6.45) is 0. The molecule has 0 spiro atoms. The van der Waals surface area contributed by atoms with Gasteiger partial charge in [-0.1, -0.05) is 29.3 Å². The number of nitrogens with one attached hydrogen (secondary N) is 1. The van der Waals surface area contributed by atoms with Gasteiger partial charge in [0.15, 0.2) is 4.77 Å². The molecule has 0 fully saturated rings. The molecular formula is C13H7Cl2FN2S. The SMILES string of the molecule is Fc1ccc(Cl)cc1-n1c(=S)[nH]c2cccc(Cl)c21. The Kier molecular flexibility index (Phi) is 3.09. The van der Waals surface area contributed by atoms with Gasteiger partial charge >= 0.3 is 0 Å². The Hall–Kier alpha value is -1.36. The van der Waals surface area contributed by atoms with E-state index >= 15 is 0 Å². The maximum atomic E-state index is 14.0. The summed E-state index contributed by atoms with van der Waals surface area (Å²) in [6.45, 7) is 0. The maximum Gasteiger partial charge on any atom is 0.182 e. The van der Waals surface area contributed by atoms with E-state index < -0.39 is 5.82 Å². The molecule has 0 saturated carbocycles. The molecule has 6 heteroatoms. The highest BCUT2D eigenvalue weighted by Crippen LogP contribution is 2.28. The fourth-order valence-corrected chi connectivity index (χ4v) is 2.73. The number of H-pyrrole nitrogens is 1. The number of aromatic amines is 1. The number of fused-ring (bicyclic) bond motifs is 1. The van der Waals surface area contributed by atoms with Gasteiger partial charge < -0.3 is 4.98 Å². The largest absolute Gasteiger partial charge is 0.330 e. The lowest BCUT2D eigenvalue weighted by Gasteiger charge is -2.07. The molecule has 0 aliphatic rings. The van der Waals surface area contributed by atoms with Crippen LogP contribution in [0.2, 0.25) is 10.0 Å². The molecule has 0 bridgehead atoms. The summed E-state index contributed by atoms with van der Waals surface area (Å²) < 4.78 is 15.9. The minimum absolute atomic E-state index is 0.275. The Bertz CT molecular complexity index is 838. The zero-order valence-corrected chi connectivity index (χ0v) is 11.8. The van der Waals surface area contributed by atoms with Crippen LogP contribution in [0.4, 0.5) is 4.39 Å². The first-order chi connectivity index (χ1) is 9.08. The zero-order valence-electron chi connectivity index (χ0n) is 9.45. The summed E-state index contributed by atoms with van der Waals surface area (Å²) >= 11 is 17.3. The number of benzene rings is 2. The van der Waals surface area contributed by atoms with Crippen LogP contribution in [0.15, 0.2) is 36.4 Å². The number of hydrogen-bond acceptors (Lipinski definition) is 1. The predicted octanol–water partition coefficient (Wildman–Crippen LogP) is 5.13. The highest BCUT2D eigenvalue weighted by atomic mass is 35.5. The molecule has 0 saturated heterocycles. The van der Waals surface area contributed by atoms with Crippen molar-refractivity contribution in [1.82, 2.24) is 9.55 Å². The highest BCUT2D eigenvalue weighted by molar-refractivity contribution is 7.71. The van der Waals surface area contributed by atoms with Gasteiger partial charge in [0.05, 0.1) is 21.7 Å². The molecule has 0 unspecified atom stereocenters. The van der Waals surface area contributed by atoms with E-state index in [9.17, 15) is 4.39 Å². The number of aromatic nitrogens is 2. The average Bonchev–Trinajstić information content (AvgIpc) is 2.70. The van der Waals surface area contributed by atoms with Gasteiger partial charge in [-0.2, -0.15) is 0 Å². The van der Waals surface area contributed by atoms with Crippen LogP contribution in [-0.4, -0.2) is 9.55 Å².